The molecule has 3 rings (SSSR count). The van der Waals surface area contributed by atoms with Crippen LogP contribution in [0.15, 0.2) is 28.7 Å². The third kappa shape index (κ3) is 2.49. The summed E-state index contributed by atoms with van der Waals surface area (Å²) < 4.78 is 5.67. The number of furan rings is 1. The molecule has 1 saturated heterocycles. The van der Waals surface area contributed by atoms with E-state index in [-0.39, 0.29) is 11.4 Å². The van der Waals surface area contributed by atoms with Gasteiger partial charge >= 0.3 is 0 Å². The molecule has 0 radical (unpaired) electrons. The average Bonchev–Trinajstić information content (AvgIpc) is 2.83. The van der Waals surface area contributed by atoms with Gasteiger partial charge < -0.3 is 15.1 Å². The first-order valence-corrected chi connectivity index (χ1v) is 7.16. The van der Waals surface area contributed by atoms with Gasteiger partial charge in [-0.15, -0.1) is 0 Å². The molecular formula is C16H21N3O2. The molecule has 5 heteroatoms. The Morgan fingerprint density at radius 3 is 2.76 bits per heavy atom. The molecule has 2 heterocycles. The molecule has 1 aliphatic heterocycles. The second-order valence-electron chi connectivity index (χ2n) is 6.37. The van der Waals surface area contributed by atoms with Crippen LogP contribution in [-0.2, 0) is 0 Å². The number of amides is 1. The maximum atomic E-state index is 12.6. The van der Waals surface area contributed by atoms with Crippen LogP contribution in [0, 0.1) is 0 Å². The van der Waals surface area contributed by atoms with Crippen LogP contribution in [0.4, 0.5) is 5.69 Å². The molecule has 1 aliphatic rings. The fraction of sp³-hybridized carbons (Fsp3) is 0.438. The monoisotopic (exact) mass is 287 g/mol. The summed E-state index contributed by atoms with van der Waals surface area (Å²) in [5.41, 5.74) is 7.10. The molecule has 5 nitrogen and oxygen atoms in total. The molecule has 112 valence electrons. The zero-order chi connectivity index (χ0) is 15.2. The quantitative estimate of drug-likeness (QED) is 0.817. The van der Waals surface area contributed by atoms with Gasteiger partial charge in [-0.3, -0.25) is 9.69 Å². The van der Waals surface area contributed by atoms with Crippen molar-refractivity contribution in [2.45, 2.75) is 19.4 Å². The highest BCUT2D eigenvalue weighted by molar-refractivity contribution is 5.96. The Labute approximate surface area is 124 Å². The van der Waals surface area contributed by atoms with E-state index in [1.165, 1.54) is 0 Å². The predicted octanol–water partition coefficient (Wildman–Crippen LogP) is 2.18. The number of piperazine rings is 1. The third-order valence-electron chi connectivity index (χ3n) is 4.35. The Hall–Kier alpha value is -2.01. The molecule has 2 aromatic rings. The second-order valence-corrected chi connectivity index (χ2v) is 6.37. The number of nitrogens with two attached hydrogens (primary N) is 1. The zero-order valence-electron chi connectivity index (χ0n) is 12.7. The maximum absolute atomic E-state index is 12.6. The van der Waals surface area contributed by atoms with E-state index >= 15 is 0 Å². The van der Waals surface area contributed by atoms with Crippen molar-refractivity contribution in [2.75, 3.05) is 32.4 Å². The normalized spacial score (nSPS) is 19.1. The molecule has 1 amide bonds. The van der Waals surface area contributed by atoms with Crippen LogP contribution in [0.3, 0.4) is 0 Å². The van der Waals surface area contributed by atoms with E-state index in [4.69, 9.17) is 10.2 Å². The van der Waals surface area contributed by atoms with Gasteiger partial charge in [0, 0.05) is 36.2 Å². The van der Waals surface area contributed by atoms with E-state index < -0.39 is 0 Å². The van der Waals surface area contributed by atoms with Crippen LogP contribution < -0.4 is 5.73 Å². The first kappa shape index (κ1) is 13.9. The minimum atomic E-state index is -0.0500. The van der Waals surface area contributed by atoms with Crippen LogP contribution in [0.5, 0.6) is 0 Å². The van der Waals surface area contributed by atoms with Crippen molar-refractivity contribution in [3.8, 4) is 0 Å². The summed E-state index contributed by atoms with van der Waals surface area (Å²) in [6.07, 6.45) is 0. The molecule has 0 bridgehead atoms. The van der Waals surface area contributed by atoms with E-state index in [9.17, 15) is 4.79 Å². The Morgan fingerprint density at radius 1 is 1.29 bits per heavy atom. The van der Waals surface area contributed by atoms with Crippen molar-refractivity contribution in [3.05, 3.63) is 30.0 Å². The Kier molecular flexibility index (Phi) is 3.17. The minimum absolute atomic E-state index is 0.0235. The highest BCUT2D eigenvalue weighted by atomic mass is 16.3. The highest BCUT2D eigenvalue weighted by Gasteiger charge is 2.34. The topological polar surface area (TPSA) is 62.7 Å². The average molecular weight is 287 g/mol. The maximum Gasteiger partial charge on any atom is 0.289 e. The number of hydrogen-bond acceptors (Lipinski definition) is 4. The number of hydrogen-bond donors (Lipinski definition) is 1. The van der Waals surface area contributed by atoms with Crippen LogP contribution in [0.1, 0.15) is 24.4 Å². The van der Waals surface area contributed by atoms with Crippen molar-refractivity contribution >= 4 is 22.6 Å². The number of rotatable bonds is 1. The molecule has 1 fully saturated rings. The van der Waals surface area contributed by atoms with E-state index in [0.29, 0.717) is 23.6 Å². The molecule has 0 unspecified atom stereocenters. The summed E-state index contributed by atoms with van der Waals surface area (Å²) >= 11 is 0. The fourth-order valence-corrected chi connectivity index (χ4v) is 2.74. The van der Waals surface area contributed by atoms with Gasteiger partial charge in [-0.1, -0.05) is 0 Å². The van der Waals surface area contributed by atoms with Gasteiger partial charge in [0.25, 0.3) is 5.91 Å². The second kappa shape index (κ2) is 4.77. The fourth-order valence-electron chi connectivity index (χ4n) is 2.74. The SMILES string of the molecule is CN1CCN(C(=O)c2cc3cc(N)ccc3o2)CC1(C)C. The smallest absolute Gasteiger partial charge is 0.289 e. The molecule has 21 heavy (non-hydrogen) atoms. The summed E-state index contributed by atoms with van der Waals surface area (Å²) in [5, 5.41) is 0.867. The summed E-state index contributed by atoms with van der Waals surface area (Å²) in [6.45, 7) is 6.57. The number of benzene rings is 1. The van der Waals surface area contributed by atoms with Gasteiger partial charge in [0.1, 0.15) is 5.58 Å². The molecule has 1 aromatic heterocycles. The number of carbonyl (C=O) groups excluding carboxylic acids is 1. The van der Waals surface area contributed by atoms with Gasteiger partial charge in [0.15, 0.2) is 5.76 Å². The number of fused-ring (bicyclic) bond motifs is 1. The predicted molar refractivity (Wildman–Crippen MR) is 83.2 cm³/mol. The zero-order valence-corrected chi connectivity index (χ0v) is 12.7. The van der Waals surface area contributed by atoms with Crippen LogP contribution in [0.2, 0.25) is 0 Å². The summed E-state index contributed by atoms with van der Waals surface area (Å²) in [6, 6.07) is 7.18. The molecule has 2 N–H and O–H groups in total. The lowest BCUT2D eigenvalue weighted by Crippen LogP contribution is -2.58. The highest BCUT2D eigenvalue weighted by Crippen LogP contribution is 2.25. The lowest BCUT2D eigenvalue weighted by Gasteiger charge is -2.45. The van der Waals surface area contributed by atoms with Crippen molar-refractivity contribution < 1.29 is 9.21 Å². The summed E-state index contributed by atoms with van der Waals surface area (Å²) in [7, 11) is 2.09. The number of carbonyl (C=O) groups is 1. The molecule has 1 aromatic carbocycles. The lowest BCUT2D eigenvalue weighted by atomic mass is 9.99. The van der Waals surface area contributed by atoms with Crippen molar-refractivity contribution in [1.29, 1.82) is 0 Å². The molecule has 0 spiro atoms. The van der Waals surface area contributed by atoms with E-state index in [1.54, 1.807) is 18.2 Å². The van der Waals surface area contributed by atoms with Gasteiger partial charge in [0.2, 0.25) is 0 Å². The Morgan fingerprint density at radius 2 is 2.05 bits per heavy atom. The largest absolute Gasteiger partial charge is 0.451 e. The molecule has 0 aliphatic carbocycles. The van der Waals surface area contributed by atoms with E-state index in [1.807, 2.05) is 11.0 Å². The van der Waals surface area contributed by atoms with Crippen molar-refractivity contribution in [2.24, 2.45) is 0 Å². The molecular weight excluding hydrogens is 266 g/mol. The number of anilines is 1. The van der Waals surface area contributed by atoms with Gasteiger partial charge in [-0.05, 0) is 45.2 Å². The van der Waals surface area contributed by atoms with E-state index in [0.717, 1.165) is 18.5 Å². The number of nitrogens with zero attached hydrogens (tertiary/aromatic N) is 2. The number of nitrogen functional groups attached to an aromatic ring is 1. The van der Waals surface area contributed by atoms with Crippen LogP contribution in [-0.4, -0.2) is 47.9 Å². The Bertz CT molecular complexity index is 690. The standard InChI is InChI=1S/C16H21N3O2/c1-16(2)10-19(7-6-18(16)3)15(20)14-9-11-8-12(17)4-5-13(11)21-14/h4-5,8-9H,6-7,10,17H2,1-3H3. The van der Waals surface area contributed by atoms with Crippen LogP contribution >= 0.6 is 0 Å². The molecule has 0 saturated carbocycles. The number of likely N-dealkylation sites (N-methyl/N-ethyl adjacent to an activating group) is 1. The summed E-state index contributed by atoms with van der Waals surface area (Å²) in [4.78, 5) is 16.8. The first-order valence-electron chi connectivity index (χ1n) is 7.16. The lowest BCUT2D eigenvalue weighted by molar-refractivity contribution is 0.0291. The minimum Gasteiger partial charge on any atom is -0.451 e. The summed E-state index contributed by atoms with van der Waals surface area (Å²) in [5.74, 6) is 0.335. The van der Waals surface area contributed by atoms with Crippen molar-refractivity contribution in [3.63, 3.8) is 0 Å². The van der Waals surface area contributed by atoms with Gasteiger partial charge in [-0.2, -0.15) is 0 Å². The van der Waals surface area contributed by atoms with Crippen LogP contribution in [0.25, 0.3) is 11.0 Å². The first-order chi connectivity index (χ1) is 9.87. The third-order valence-corrected chi connectivity index (χ3v) is 4.35. The van der Waals surface area contributed by atoms with Gasteiger partial charge in [-0.25, -0.2) is 0 Å². The Balaban J connectivity index is 1.87. The van der Waals surface area contributed by atoms with Crippen molar-refractivity contribution in [1.82, 2.24) is 9.80 Å². The molecule has 0 atom stereocenters. The van der Waals surface area contributed by atoms with Gasteiger partial charge in [0.05, 0.1) is 0 Å². The van der Waals surface area contributed by atoms with E-state index in [2.05, 4.69) is 25.8 Å².